The van der Waals surface area contributed by atoms with Crippen LogP contribution in [0.2, 0.25) is 0 Å². The minimum Gasteiger partial charge on any atom is -0.378 e. The molecule has 1 N–H and O–H groups in total. The zero-order chi connectivity index (χ0) is 13.0. The number of ether oxygens (including phenoxy) is 1. The first-order chi connectivity index (χ1) is 8.69. The van der Waals surface area contributed by atoms with Crippen molar-refractivity contribution >= 4 is 5.91 Å². The van der Waals surface area contributed by atoms with Crippen LogP contribution in [0, 0.1) is 5.92 Å². The summed E-state index contributed by atoms with van der Waals surface area (Å²) in [5, 5.41) is 0. The van der Waals surface area contributed by atoms with Gasteiger partial charge >= 0.3 is 0 Å². The molecule has 1 saturated carbocycles. The third-order valence-corrected chi connectivity index (χ3v) is 3.43. The lowest BCUT2D eigenvalue weighted by Gasteiger charge is -2.35. The maximum Gasteiger partial charge on any atom is 0.222 e. The lowest BCUT2D eigenvalue weighted by atomic mass is 9.80. The van der Waals surface area contributed by atoms with Gasteiger partial charge in [-0.1, -0.05) is 0 Å². The molecule has 1 aromatic heterocycles. The lowest BCUT2D eigenvalue weighted by Crippen LogP contribution is -2.36. The third-order valence-electron chi connectivity index (χ3n) is 3.43. The summed E-state index contributed by atoms with van der Waals surface area (Å²) in [5.74, 6) is 1.51. The first-order valence-electron chi connectivity index (χ1n) is 6.52. The van der Waals surface area contributed by atoms with E-state index in [1.807, 2.05) is 14.0 Å². The van der Waals surface area contributed by atoms with Gasteiger partial charge in [0.05, 0.1) is 12.6 Å². The number of carbonyl (C=O) groups is 1. The number of carbonyl (C=O) groups excluding carboxylic acids is 1. The van der Waals surface area contributed by atoms with Crippen LogP contribution in [0.5, 0.6) is 0 Å². The Morgan fingerprint density at radius 1 is 1.61 bits per heavy atom. The minimum atomic E-state index is 0.186. The van der Waals surface area contributed by atoms with Gasteiger partial charge in [0.1, 0.15) is 5.82 Å². The molecule has 0 bridgehead atoms. The lowest BCUT2D eigenvalue weighted by molar-refractivity contribution is -0.133. The van der Waals surface area contributed by atoms with E-state index in [-0.39, 0.29) is 5.91 Å². The molecule has 2 rings (SSSR count). The van der Waals surface area contributed by atoms with E-state index < -0.39 is 0 Å². The van der Waals surface area contributed by atoms with E-state index >= 15 is 0 Å². The van der Waals surface area contributed by atoms with Gasteiger partial charge in [0.2, 0.25) is 5.91 Å². The molecule has 0 spiro atoms. The fourth-order valence-electron chi connectivity index (χ4n) is 2.31. The van der Waals surface area contributed by atoms with Crippen LogP contribution in [0.1, 0.15) is 32.0 Å². The Morgan fingerprint density at radius 3 is 3.00 bits per heavy atom. The molecule has 1 aromatic rings. The molecule has 0 aliphatic heterocycles. The smallest absolute Gasteiger partial charge is 0.222 e. The Morgan fingerprint density at radius 2 is 2.39 bits per heavy atom. The summed E-state index contributed by atoms with van der Waals surface area (Å²) >= 11 is 0. The van der Waals surface area contributed by atoms with Gasteiger partial charge in [0.15, 0.2) is 0 Å². The summed E-state index contributed by atoms with van der Waals surface area (Å²) in [4.78, 5) is 20.8. The highest BCUT2D eigenvalue weighted by atomic mass is 16.5. The van der Waals surface area contributed by atoms with Crippen molar-refractivity contribution in [3.63, 3.8) is 0 Å². The molecule has 1 heterocycles. The normalized spacial score (nSPS) is 22.6. The van der Waals surface area contributed by atoms with E-state index in [1.54, 1.807) is 17.3 Å². The van der Waals surface area contributed by atoms with Crippen molar-refractivity contribution in [2.75, 3.05) is 13.7 Å². The molecule has 18 heavy (non-hydrogen) atoms. The summed E-state index contributed by atoms with van der Waals surface area (Å²) in [7, 11) is 1.82. The number of aromatic amines is 1. The van der Waals surface area contributed by atoms with Crippen LogP contribution < -0.4 is 0 Å². The average molecular weight is 251 g/mol. The Balaban J connectivity index is 1.69. The Bertz CT molecular complexity index is 372. The highest BCUT2D eigenvalue weighted by Crippen LogP contribution is 2.33. The maximum absolute atomic E-state index is 12.0. The van der Waals surface area contributed by atoms with Crippen LogP contribution in [0.25, 0.3) is 0 Å². The van der Waals surface area contributed by atoms with Gasteiger partial charge in [-0.05, 0) is 25.7 Å². The molecule has 1 amide bonds. The molecule has 0 atom stereocenters. The zero-order valence-electron chi connectivity index (χ0n) is 11.1. The molecular formula is C13H21N3O2. The Hall–Kier alpha value is -1.36. The number of nitrogens with zero attached hydrogens (tertiary/aromatic N) is 2. The Kier molecular flexibility index (Phi) is 4.36. The quantitative estimate of drug-likeness (QED) is 0.835. The molecule has 1 aliphatic rings. The van der Waals surface area contributed by atoms with Crippen molar-refractivity contribution in [1.29, 1.82) is 0 Å². The molecule has 0 saturated heterocycles. The van der Waals surface area contributed by atoms with Crippen molar-refractivity contribution in [2.45, 2.75) is 38.8 Å². The van der Waals surface area contributed by atoms with Crippen LogP contribution in [-0.2, 0) is 16.1 Å². The SMILES string of the molecule is CCOC1CC(CC(=O)N(C)Cc2ncc[nH]2)C1. The second-order valence-electron chi connectivity index (χ2n) is 4.90. The molecule has 100 valence electrons. The summed E-state index contributed by atoms with van der Waals surface area (Å²) in [6, 6.07) is 0. The third kappa shape index (κ3) is 3.32. The van der Waals surface area contributed by atoms with E-state index in [4.69, 9.17) is 4.74 Å². The second kappa shape index (κ2) is 6.00. The average Bonchev–Trinajstić information content (AvgIpc) is 2.78. The number of imidazole rings is 1. The fourth-order valence-corrected chi connectivity index (χ4v) is 2.31. The van der Waals surface area contributed by atoms with Gasteiger partial charge in [-0.2, -0.15) is 0 Å². The molecule has 1 aliphatic carbocycles. The van der Waals surface area contributed by atoms with Crippen LogP contribution in [0.4, 0.5) is 0 Å². The van der Waals surface area contributed by atoms with Crippen molar-refractivity contribution < 1.29 is 9.53 Å². The van der Waals surface area contributed by atoms with Crippen molar-refractivity contribution in [1.82, 2.24) is 14.9 Å². The minimum absolute atomic E-state index is 0.186. The highest BCUT2D eigenvalue weighted by molar-refractivity contribution is 5.76. The maximum atomic E-state index is 12.0. The van der Waals surface area contributed by atoms with E-state index in [1.165, 1.54) is 0 Å². The van der Waals surface area contributed by atoms with Gasteiger partial charge in [-0.3, -0.25) is 4.79 Å². The zero-order valence-corrected chi connectivity index (χ0v) is 11.1. The topological polar surface area (TPSA) is 58.2 Å². The summed E-state index contributed by atoms with van der Waals surface area (Å²) in [6.45, 7) is 3.33. The first kappa shape index (κ1) is 13.1. The van der Waals surface area contributed by atoms with Crippen LogP contribution >= 0.6 is 0 Å². The van der Waals surface area contributed by atoms with Crippen molar-refractivity contribution in [3.8, 4) is 0 Å². The standard InChI is InChI=1S/C13H21N3O2/c1-3-18-11-6-10(7-11)8-13(17)16(2)9-12-14-4-5-15-12/h4-5,10-11H,3,6-9H2,1-2H3,(H,14,15). The number of rotatable bonds is 6. The van der Waals surface area contributed by atoms with Crippen LogP contribution in [0.3, 0.4) is 0 Å². The van der Waals surface area contributed by atoms with Gasteiger partial charge < -0.3 is 14.6 Å². The molecular weight excluding hydrogens is 230 g/mol. The van der Waals surface area contributed by atoms with Gasteiger partial charge in [-0.15, -0.1) is 0 Å². The summed E-state index contributed by atoms with van der Waals surface area (Å²) in [5.41, 5.74) is 0. The van der Waals surface area contributed by atoms with Crippen LogP contribution in [0.15, 0.2) is 12.4 Å². The number of H-pyrrole nitrogens is 1. The molecule has 5 nitrogen and oxygen atoms in total. The largest absolute Gasteiger partial charge is 0.378 e. The van der Waals surface area contributed by atoms with Gasteiger partial charge in [0, 0.05) is 32.5 Å². The van der Waals surface area contributed by atoms with Gasteiger partial charge in [-0.25, -0.2) is 4.98 Å². The summed E-state index contributed by atoms with van der Waals surface area (Å²) < 4.78 is 5.50. The van der Waals surface area contributed by atoms with E-state index in [2.05, 4.69) is 9.97 Å². The fraction of sp³-hybridized carbons (Fsp3) is 0.692. The Labute approximate surface area is 108 Å². The molecule has 0 radical (unpaired) electrons. The monoisotopic (exact) mass is 251 g/mol. The number of aromatic nitrogens is 2. The summed E-state index contributed by atoms with van der Waals surface area (Å²) in [6.07, 6.45) is 6.52. The molecule has 0 aromatic carbocycles. The van der Waals surface area contributed by atoms with Gasteiger partial charge in [0.25, 0.3) is 0 Å². The predicted molar refractivity (Wildman–Crippen MR) is 67.8 cm³/mol. The van der Waals surface area contributed by atoms with Crippen molar-refractivity contribution in [2.24, 2.45) is 5.92 Å². The second-order valence-corrected chi connectivity index (χ2v) is 4.90. The van der Waals surface area contributed by atoms with E-state index in [0.29, 0.717) is 25.0 Å². The molecule has 0 unspecified atom stereocenters. The highest BCUT2D eigenvalue weighted by Gasteiger charge is 2.31. The predicted octanol–water partition coefficient (Wildman–Crippen LogP) is 1.57. The van der Waals surface area contributed by atoms with E-state index in [9.17, 15) is 4.79 Å². The van der Waals surface area contributed by atoms with Crippen LogP contribution in [-0.4, -0.2) is 40.5 Å². The first-order valence-corrected chi connectivity index (χ1v) is 6.52. The number of hydrogen-bond donors (Lipinski definition) is 1. The van der Waals surface area contributed by atoms with E-state index in [0.717, 1.165) is 25.3 Å². The van der Waals surface area contributed by atoms with Crippen molar-refractivity contribution in [3.05, 3.63) is 18.2 Å². The molecule has 1 fully saturated rings. The number of amides is 1. The number of nitrogens with one attached hydrogen (secondary N) is 1. The number of hydrogen-bond acceptors (Lipinski definition) is 3. The molecule has 5 heteroatoms.